The van der Waals surface area contributed by atoms with Crippen LogP contribution in [0, 0.1) is 0 Å². The molecule has 1 aromatic carbocycles. The van der Waals surface area contributed by atoms with E-state index < -0.39 is 0 Å². The van der Waals surface area contributed by atoms with Gasteiger partial charge in [0.1, 0.15) is 0 Å². The van der Waals surface area contributed by atoms with Gasteiger partial charge < -0.3 is 10.6 Å². The lowest BCUT2D eigenvalue weighted by Gasteiger charge is -2.17. The van der Waals surface area contributed by atoms with Crippen molar-refractivity contribution >= 4 is 11.4 Å². The van der Waals surface area contributed by atoms with Crippen LogP contribution >= 0.6 is 0 Å². The van der Waals surface area contributed by atoms with E-state index in [9.17, 15) is 0 Å². The normalized spacial score (nSPS) is 13.9. The van der Waals surface area contributed by atoms with Gasteiger partial charge in [0.2, 0.25) is 0 Å². The number of hydrogen-bond acceptors (Lipinski definition) is 3. The van der Waals surface area contributed by atoms with E-state index in [4.69, 9.17) is 5.73 Å². The minimum atomic E-state index is 0.802. The summed E-state index contributed by atoms with van der Waals surface area (Å²) >= 11 is 0. The monoisotopic (exact) mass is 211 g/mol. The van der Waals surface area contributed by atoms with Crippen LogP contribution in [-0.4, -0.2) is 4.98 Å². The van der Waals surface area contributed by atoms with Gasteiger partial charge in [-0.3, -0.25) is 4.98 Å². The van der Waals surface area contributed by atoms with Gasteiger partial charge in [0.15, 0.2) is 0 Å². The van der Waals surface area contributed by atoms with E-state index in [0.29, 0.717) is 0 Å². The number of para-hydroxylation sites is 1. The van der Waals surface area contributed by atoms with Crippen LogP contribution in [0.4, 0.5) is 11.4 Å². The molecule has 0 unspecified atom stereocenters. The van der Waals surface area contributed by atoms with Gasteiger partial charge in [0.05, 0.1) is 11.9 Å². The Morgan fingerprint density at radius 3 is 2.62 bits per heavy atom. The summed E-state index contributed by atoms with van der Waals surface area (Å²) in [6, 6.07) is 10.4. The second kappa shape index (κ2) is 3.52. The molecule has 3 nitrogen and oxygen atoms in total. The first-order valence-electron chi connectivity index (χ1n) is 5.36. The van der Waals surface area contributed by atoms with E-state index in [-0.39, 0.29) is 0 Å². The van der Waals surface area contributed by atoms with Gasteiger partial charge in [0.25, 0.3) is 0 Å². The molecule has 0 amide bonds. The molecule has 0 aliphatic carbocycles. The molecule has 2 heterocycles. The van der Waals surface area contributed by atoms with Gasteiger partial charge in [-0.05, 0) is 17.7 Å². The molecule has 0 saturated heterocycles. The number of fused-ring (bicyclic) bond motifs is 1. The molecule has 3 heteroatoms. The number of hydrogen-bond donors (Lipinski definition) is 1. The molecule has 1 aromatic heterocycles. The Hall–Kier alpha value is -2.03. The van der Waals surface area contributed by atoms with Crippen LogP contribution in [-0.2, 0) is 13.1 Å². The fourth-order valence-electron chi connectivity index (χ4n) is 2.15. The predicted molar refractivity (Wildman–Crippen MR) is 65.0 cm³/mol. The Balaban J connectivity index is 1.94. The molecule has 0 spiro atoms. The summed E-state index contributed by atoms with van der Waals surface area (Å²) in [7, 11) is 0. The second-order valence-corrected chi connectivity index (χ2v) is 4.06. The highest BCUT2D eigenvalue weighted by Crippen LogP contribution is 2.30. The number of benzene rings is 1. The Morgan fingerprint density at radius 2 is 1.88 bits per heavy atom. The molecule has 0 fully saturated rings. The zero-order chi connectivity index (χ0) is 11.0. The third kappa shape index (κ3) is 1.41. The zero-order valence-corrected chi connectivity index (χ0v) is 8.93. The largest absolute Gasteiger partial charge is 0.397 e. The van der Waals surface area contributed by atoms with Crippen molar-refractivity contribution in [1.82, 2.24) is 4.98 Å². The summed E-state index contributed by atoms with van der Waals surface area (Å²) in [4.78, 5) is 6.44. The van der Waals surface area contributed by atoms with E-state index in [1.165, 1.54) is 16.8 Å². The maximum absolute atomic E-state index is 5.92. The minimum Gasteiger partial charge on any atom is -0.397 e. The Kier molecular flexibility index (Phi) is 2.03. The van der Waals surface area contributed by atoms with Crippen LogP contribution in [0.1, 0.15) is 11.1 Å². The van der Waals surface area contributed by atoms with Crippen molar-refractivity contribution in [1.29, 1.82) is 0 Å². The number of nitrogens with two attached hydrogens (primary N) is 1. The maximum Gasteiger partial charge on any atom is 0.0554 e. The molecular formula is C13H13N3. The van der Waals surface area contributed by atoms with E-state index >= 15 is 0 Å². The lowest BCUT2D eigenvalue weighted by molar-refractivity contribution is 0.880. The summed E-state index contributed by atoms with van der Waals surface area (Å²) in [5, 5.41) is 0. The number of aromatic nitrogens is 1. The smallest absolute Gasteiger partial charge is 0.0554 e. The zero-order valence-electron chi connectivity index (χ0n) is 8.93. The highest BCUT2D eigenvalue weighted by atomic mass is 15.1. The van der Waals surface area contributed by atoms with Crippen molar-refractivity contribution in [2.75, 3.05) is 10.6 Å². The molecule has 2 aromatic rings. The topological polar surface area (TPSA) is 42.1 Å². The average Bonchev–Trinajstić information content (AvgIpc) is 2.76. The Labute approximate surface area is 94.5 Å². The first kappa shape index (κ1) is 9.21. The van der Waals surface area contributed by atoms with Crippen LogP contribution in [0.15, 0.2) is 42.7 Å². The standard InChI is InChI=1S/C13H13N3/c14-13-7-15-6-10-8-16(9-12(10)13)11-4-2-1-3-5-11/h1-7H,8-9,14H2. The van der Waals surface area contributed by atoms with Gasteiger partial charge in [-0.25, -0.2) is 0 Å². The van der Waals surface area contributed by atoms with Crippen LogP contribution in [0.3, 0.4) is 0 Å². The summed E-state index contributed by atoms with van der Waals surface area (Å²) in [5.74, 6) is 0. The molecule has 2 N–H and O–H groups in total. The van der Waals surface area contributed by atoms with Gasteiger partial charge in [-0.15, -0.1) is 0 Å². The first-order chi connectivity index (χ1) is 7.84. The third-order valence-electron chi connectivity index (χ3n) is 3.01. The molecule has 0 bridgehead atoms. The van der Waals surface area contributed by atoms with Gasteiger partial charge in [0, 0.05) is 30.5 Å². The predicted octanol–water partition coefficient (Wildman–Crippen LogP) is 2.18. The van der Waals surface area contributed by atoms with Crippen LogP contribution in [0.25, 0.3) is 0 Å². The highest BCUT2D eigenvalue weighted by molar-refractivity contribution is 5.58. The average molecular weight is 211 g/mol. The van der Waals surface area contributed by atoms with Gasteiger partial charge >= 0.3 is 0 Å². The number of pyridine rings is 1. The molecular weight excluding hydrogens is 198 g/mol. The first-order valence-corrected chi connectivity index (χ1v) is 5.36. The molecule has 1 aliphatic heterocycles. The van der Waals surface area contributed by atoms with Crippen molar-refractivity contribution < 1.29 is 0 Å². The van der Waals surface area contributed by atoms with E-state index in [1.807, 2.05) is 12.3 Å². The lowest BCUT2D eigenvalue weighted by atomic mass is 10.1. The SMILES string of the molecule is Nc1cncc2c1CN(c1ccccc1)C2. The summed E-state index contributed by atoms with van der Waals surface area (Å²) in [5.41, 5.74) is 10.4. The number of rotatable bonds is 1. The Bertz CT molecular complexity index is 508. The maximum atomic E-state index is 5.92. The van der Waals surface area contributed by atoms with Crippen molar-refractivity contribution in [3.63, 3.8) is 0 Å². The van der Waals surface area contributed by atoms with E-state index in [2.05, 4.69) is 34.1 Å². The van der Waals surface area contributed by atoms with E-state index in [1.54, 1.807) is 6.20 Å². The van der Waals surface area contributed by atoms with Gasteiger partial charge in [-0.2, -0.15) is 0 Å². The third-order valence-corrected chi connectivity index (χ3v) is 3.01. The lowest BCUT2D eigenvalue weighted by Crippen LogP contribution is -2.14. The number of nitrogens with zero attached hydrogens (tertiary/aromatic N) is 2. The molecule has 1 aliphatic rings. The highest BCUT2D eigenvalue weighted by Gasteiger charge is 2.20. The van der Waals surface area contributed by atoms with Crippen molar-refractivity contribution in [3.8, 4) is 0 Å². The molecule has 0 atom stereocenters. The molecule has 0 radical (unpaired) electrons. The van der Waals surface area contributed by atoms with Crippen molar-refractivity contribution in [2.45, 2.75) is 13.1 Å². The molecule has 80 valence electrons. The van der Waals surface area contributed by atoms with Crippen molar-refractivity contribution in [2.24, 2.45) is 0 Å². The quantitative estimate of drug-likeness (QED) is 0.786. The molecule has 0 saturated carbocycles. The number of anilines is 2. The minimum absolute atomic E-state index is 0.802. The second-order valence-electron chi connectivity index (χ2n) is 4.06. The van der Waals surface area contributed by atoms with Crippen LogP contribution in [0.2, 0.25) is 0 Å². The summed E-state index contributed by atoms with van der Waals surface area (Å²) in [6.07, 6.45) is 3.64. The Morgan fingerprint density at radius 1 is 1.06 bits per heavy atom. The number of nitrogen functional groups attached to an aromatic ring is 1. The fraction of sp³-hybridized carbons (Fsp3) is 0.154. The van der Waals surface area contributed by atoms with Crippen molar-refractivity contribution in [3.05, 3.63) is 53.9 Å². The van der Waals surface area contributed by atoms with Gasteiger partial charge in [-0.1, -0.05) is 18.2 Å². The molecule has 16 heavy (non-hydrogen) atoms. The van der Waals surface area contributed by atoms with E-state index in [0.717, 1.165) is 18.8 Å². The molecule has 3 rings (SSSR count). The summed E-state index contributed by atoms with van der Waals surface area (Å²) in [6.45, 7) is 1.78. The van der Waals surface area contributed by atoms with Crippen LogP contribution < -0.4 is 10.6 Å². The fourth-order valence-corrected chi connectivity index (χ4v) is 2.15. The summed E-state index contributed by atoms with van der Waals surface area (Å²) < 4.78 is 0. The van der Waals surface area contributed by atoms with Crippen LogP contribution in [0.5, 0.6) is 0 Å².